The highest BCUT2D eigenvalue weighted by Gasteiger charge is 2.51. The second-order valence-corrected chi connectivity index (χ2v) is 10.9. The van der Waals surface area contributed by atoms with E-state index in [2.05, 4.69) is 15.6 Å². The molecule has 40 heavy (non-hydrogen) atoms. The minimum Gasteiger partial charge on any atom is -0.336 e. The highest BCUT2D eigenvalue weighted by atomic mass is 19.1. The Kier molecular flexibility index (Phi) is 6.79. The molecule has 1 aliphatic carbocycles. The van der Waals surface area contributed by atoms with Gasteiger partial charge in [0.2, 0.25) is 11.8 Å². The van der Waals surface area contributed by atoms with E-state index in [-0.39, 0.29) is 36.5 Å². The number of rotatable bonds is 6. The summed E-state index contributed by atoms with van der Waals surface area (Å²) >= 11 is 0. The molecule has 3 aliphatic rings. The van der Waals surface area contributed by atoms with Gasteiger partial charge in [-0.05, 0) is 72.7 Å². The Morgan fingerprint density at radius 1 is 1.07 bits per heavy atom. The number of aromatic nitrogens is 1. The van der Waals surface area contributed by atoms with Crippen molar-refractivity contribution in [2.75, 3.05) is 23.7 Å². The molecule has 1 fully saturated rings. The zero-order valence-corrected chi connectivity index (χ0v) is 21.9. The summed E-state index contributed by atoms with van der Waals surface area (Å²) in [7, 11) is 0. The van der Waals surface area contributed by atoms with Gasteiger partial charge in [-0.2, -0.15) is 0 Å². The number of anilines is 2. The molecule has 0 bridgehead atoms. The summed E-state index contributed by atoms with van der Waals surface area (Å²) in [4.78, 5) is 45.2. The molecule has 0 radical (unpaired) electrons. The number of halogens is 2. The molecule has 2 aliphatic heterocycles. The van der Waals surface area contributed by atoms with Crippen molar-refractivity contribution in [3.05, 3.63) is 88.6 Å². The quantitative estimate of drug-likeness (QED) is 0.442. The van der Waals surface area contributed by atoms with Crippen LogP contribution in [0.25, 0.3) is 0 Å². The van der Waals surface area contributed by atoms with Crippen LogP contribution in [0, 0.1) is 11.6 Å². The predicted octanol–water partition coefficient (Wildman–Crippen LogP) is 2.43. The van der Waals surface area contributed by atoms with Gasteiger partial charge >= 0.3 is 0 Å². The van der Waals surface area contributed by atoms with E-state index in [1.165, 1.54) is 17.0 Å². The third-order valence-corrected chi connectivity index (χ3v) is 8.14. The number of fused-ring (bicyclic) bond motifs is 3. The first-order valence-corrected chi connectivity index (χ1v) is 13.6. The summed E-state index contributed by atoms with van der Waals surface area (Å²) in [5, 5.41) is 7.73. The summed E-state index contributed by atoms with van der Waals surface area (Å²) < 4.78 is 27.7. The molecule has 0 saturated carbocycles. The van der Waals surface area contributed by atoms with E-state index in [9.17, 15) is 23.2 Å². The van der Waals surface area contributed by atoms with E-state index >= 15 is 0 Å². The van der Waals surface area contributed by atoms with Gasteiger partial charge in [-0.25, -0.2) is 13.8 Å². The lowest BCUT2D eigenvalue weighted by atomic mass is 9.79. The van der Waals surface area contributed by atoms with Gasteiger partial charge in [-0.15, -0.1) is 0 Å². The molecule has 1 saturated heterocycles. The van der Waals surface area contributed by atoms with Crippen LogP contribution < -0.4 is 16.0 Å². The highest BCUT2D eigenvalue weighted by molar-refractivity contribution is 6.06. The van der Waals surface area contributed by atoms with E-state index in [1.54, 1.807) is 12.3 Å². The number of nitrogens with one attached hydrogen (secondary N) is 2. The number of piperidine rings is 1. The van der Waals surface area contributed by atoms with E-state index in [0.29, 0.717) is 30.8 Å². The lowest BCUT2D eigenvalue weighted by Gasteiger charge is -2.27. The van der Waals surface area contributed by atoms with Crippen molar-refractivity contribution in [1.29, 1.82) is 0 Å². The molecule has 3 amide bonds. The van der Waals surface area contributed by atoms with Gasteiger partial charge in [0.25, 0.3) is 5.91 Å². The third kappa shape index (κ3) is 4.95. The number of quaternary nitrogens is 1. The fourth-order valence-corrected chi connectivity index (χ4v) is 6.26. The number of nitrogens with two attached hydrogens (primary N) is 1. The summed E-state index contributed by atoms with van der Waals surface area (Å²) in [6.07, 6.45) is 5.31. The molecule has 4 N–H and O–H groups in total. The maximum absolute atomic E-state index is 13.9. The van der Waals surface area contributed by atoms with Crippen molar-refractivity contribution in [3.63, 3.8) is 0 Å². The molecule has 1 aromatic heterocycles. The largest absolute Gasteiger partial charge is 0.336 e. The van der Waals surface area contributed by atoms with Crippen LogP contribution in [0.5, 0.6) is 0 Å². The standard InChI is InChI=1S/C30H29F2N5O3/c31-21-10-18(11-22(32)13-21)16-37(28(39)25-5-1-2-8-33-25)17-26(38)35-23-7-6-19-14-30(15-20(19)12-23)24-4-3-9-34-27(24)36-29(30)40/h3-4,6-7,9-13,25,33H,1-2,5,8,14-17H2,(H,35,38)(H,34,36,40)/p+1. The van der Waals surface area contributed by atoms with Crippen LogP contribution in [0.1, 0.15) is 41.5 Å². The van der Waals surface area contributed by atoms with Crippen LogP contribution >= 0.6 is 0 Å². The minimum atomic E-state index is -0.735. The van der Waals surface area contributed by atoms with Gasteiger partial charge in [-0.1, -0.05) is 12.1 Å². The van der Waals surface area contributed by atoms with Crippen molar-refractivity contribution < 1.29 is 28.5 Å². The Bertz CT molecular complexity index is 1490. The molecular formula is C30H30F2N5O3+. The SMILES string of the molecule is O=C(CN(Cc1cc(F)cc(F)c1)C(=O)C1CCCC[NH2+]1)Nc1ccc2c(c1)CC1(C2)C(=O)Nc2ncccc21. The monoisotopic (exact) mass is 546 g/mol. The molecular weight excluding hydrogens is 516 g/mol. The molecule has 2 aromatic carbocycles. The smallest absolute Gasteiger partial charge is 0.281 e. The second kappa shape index (κ2) is 10.4. The summed E-state index contributed by atoms with van der Waals surface area (Å²) in [6, 6.07) is 12.1. The Labute approximate surface area is 230 Å². The lowest BCUT2D eigenvalue weighted by Crippen LogP contribution is -2.94. The fraction of sp³-hybridized carbons (Fsp3) is 0.333. The van der Waals surface area contributed by atoms with Crippen molar-refractivity contribution in [1.82, 2.24) is 9.88 Å². The Morgan fingerprint density at radius 3 is 2.65 bits per heavy atom. The maximum atomic E-state index is 13.9. The van der Waals surface area contributed by atoms with Crippen LogP contribution in [-0.2, 0) is 39.2 Å². The van der Waals surface area contributed by atoms with Gasteiger partial charge in [0.05, 0.1) is 12.0 Å². The van der Waals surface area contributed by atoms with Crippen LogP contribution in [0.3, 0.4) is 0 Å². The van der Waals surface area contributed by atoms with Crippen molar-refractivity contribution in [2.24, 2.45) is 0 Å². The minimum absolute atomic E-state index is 0.0783. The average Bonchev–Trinajstić information content (AvgIpc) is 3.44. The zero-order valence-electron chi connectivity index (χ0n) is 21.9. The van der Waals surface area contributed by atoms with E-state index in [1.807, 2.05) is 29.6 Å². The van der Waals surface area contributed by atoms with Crippen molar-refractivity contribution in [3.8, 4) is 0 Å². The Hall–Kier alpha value is -4.18. The number of hydrogen-bond donors (Lipinski definition) is 3. The number of hydrogen-bond acceptors (Lipinski definition) is 4. The van der Waals surface area contributed by atoms with Gasteiger partial charge in [0.1, 0.15) is 24.0 Å². The zero-order chi connectivity index (χ0) is 27.9. The molecule has 3 heterocycles. The average molecular weight is 547 g/mol. The Balaban J connectivity index is 1.18. The molecule has 8 nitrogen and oxygen atoms in total. The van der Waals surface area contributed by atoms with Gasteiger partial charge < -0.3 is 20.9 Å². The van der Waals surface area contributed by atoms with E-state index < -0.39 is 23.0 Å². The molecule has 2 unspecified atom stereocenters. The number of amides is 3. The second-order valence-electron chi connectivity index (χ2n) is 10.9. The van der Waals surface area contributed by atoms with Gasteiger partial charge in [-0.3, -0.25) is 14.4 Å². The topological polar surface area (TPSA) is 108 Å². The number of benzene rings is 2. The lowest BCUT2D eigenvalue weighted by molar-refractivity contribution is -0.685. The van der Waals surface area contributed by atoms with Crippen LogP contribution in [0.2, 0.25) is 0 Å². The van der Waals surface area contributed by atoms with Crippen LogP contribution in [-0.4, -0.2) is 46.7 Å². The van der Waals surface area contributed by atoms with Gasteiger partial charge in [0.15, 0.2) is 6.04 Å². The maximum Gasteiger partial charge on any atom is 0.281 e. The predicted molar refractivity (Wildman–Crippen MR) is 143 cm³/mol. The van der Waals surface area contributed by atoms with Crippen molar-refractivity contribution >= 4 is 29.2 Å². The van der Waals surface area contributed by atoms with Crippen LogP contribution in [0.4, 0.5) is 20.3 Å². The molecule has 2 atom stereocenters. The van der Waals surface area contributed by atoms with E-state index in [0.717, 1.165) is 42.1 Å². The van der Waals surface area contributed by atoms with Crippen LogP contribution in [0.15, 0.2) is 54.7 Å². The van der Waals surface area contributed by atoms with E-state index in [4.69, 9.17) is 0 Å². The first kappa shape index (κ1) is 26.1. The summed E-state index contributed by atoms with van der Waals surface area (Å²) in [6.45, 7) is 0.477. The number of nitrogens with zero attached hydrogens (tertiary/aromatic N) is 2. The first-order valence-electron chi connectivity index (χ1n) is 13.6. The highest BCUT2D eigenvalue weighted by Crippen LogP contribution is 2.46. The first-order chi connectivity index (χ1) is 19.3. The molecule has 3 aromatic rings. The molecule has 10 heteroatoms. The van der Waals surface area contributed by atoms with Gasteiger partial charge in [0, 0.05) is 36.5 Å². The fourth-order valence-electron chi connectivity index (χ4n) is 6.26. The molecule has 1 spiro atoms. The number of pyridine rings is 1. The van der Waals surface area contributed by atoms with Crippen molar-refractivity contribution in [2.45, 2.75) is 50.1 Å². The third-order valence-electron chi connectivity index (χ3n) is 8.14. The normalized spacial score (nSPS) is 21.1. The summed E-state index contributed by atoms with van der Waals surface area (Å²) in [5.74, 6) is -1.60. The molecule has 6 rings (SSSR count). The Morgan fingerprint density at radius 2 is 1.88 bits per heavy atom. The number of carbonyl (C=O) groups is 3. The number of carbonyl (C=O) groups excluding carboxylic acids is 3. The molecule has 206 valence electrons. The summed E-state index contributed by atoms with van der Waals surface area (Å²) in [5.41, 5.74) is 2.99.